The fourth-order valence-corrected chi connectivity index (χ4v) is 5.50. The Kier molecular flexibility index (Phi) is 6.91. The maximum atomic E-state index is 5.93. The molecular formula is C33H34N2O2. The molecule has 37 heavy (non-hydrogen) atoms. The summed E-state index contributed by atoms with van der Waals surface area (Å²) >= 11 is 0. The summed E-state index contributed by atoms with van der Waals surface area (Å²) in [5, 5.41) is 0. The standard InChI is InChI=1S/C33H34N2O2/c1-5-36-30-22-21-25(23-31(30)37-6-2)24-32-34(3)29-20-14-13-19-28(29)33(35(32)4,26-15-9-7-10-16-26)27-17-11-8-12-18-27/h7-24H,5-6H2,1-4H3. The van der Waals surface area contributed by atoms with Crippen molar-refractivity contribution in [3.05, 3.63) is 131 Å². The Bertz CT molecular complexity index is 1340. The Labute approximate surface area is 220 Å². The first-order chi connectivity index (χ1) is 18.1. The second kappa shape index (κ2) is 10.4. The highest BCUT2D eigenvalue weighted by Gasteiger charge is 2.47. The van der Waals surface area contributed by atoms with Crippen molar-refractivity contribution in [3.8, 4) is 11.5 Å². The molecule has 1 heterocycles. The minimum absolute atomic E-state index is 0.508. The van der Waals surface area contributed by atoms with Gasteiger partial charge in [-0.2, -0.15) is 0 Å². The van der Waals surface area contributed by atoms with Crippen LogP contribution in [0.1, 0.15) is 36.1 Å². The van der Waals surface area contributed by atoms with E-state index in [9.17, 15) is 0 Å². The molecule has 0 saturated heterocycles. The lowest BCUT2D eigenvalue weighted by Crippen LogP contribution is -2.52. The first-order valence-electron chi connectivity index (χ1n) is 12.9. The predicted octanol–water partition coefficient (Wildman–Crippen LogP) is 7.16. The number of hydrogen-bond acceptors (Lipinski definition) is 4. The van der Waals surface area contributed by atoms with Gasteiger partial charge in [0, 0.05) is 25.3 Å². The van der Waals surface area contributed by atoms with Gasteiger partial charge in [0.2, 0.25) is 0 Å². The normalized spacial score (nSPS) is 15.4. The Morgan fingerprint density at radius 1 is 0.676 bits per heavy atom. The van der Waals surface area contributed by atoms with Gasteiger partial charge in [0.05, 0.1) is 13.2 Å². The quantitative estimate of drug-likeness (QED) is 0.274. The largest absolute Gasteiger partial charge is 0.490 e. The van der Waals surface area contributed by atoms with Gasteiger partial charge in [-0.25, -0.2) is 0 Å². The van der Waals surface area contributed by atoms with Crippen LogP contribution in [0.2, 0.25) is 0 Å². The van der Waals surface area contributed by atoms with Crippen molar-refractivity contribution in [1.29, 1.82) is 0 Å². The number of fused-ring (bicyclic) bond motifs is 1. The van der Waals surface area contributed by atoms with Crippen molar-refractivity contribution < 1.29 is 9.47 Å². The van der Waals surface area contributed by atoms with E-state index in [0.29, 0.717) is 13.2 Å². The SMILES string of the molecule is CCOc1ccc(C=C2N(C)c3ccccc3C(c3ccccc3)(c3ccccc3)N2C)cc1OCC. The summed E-state index contributed by atoms with van der Waals surface area (Å²) in [4.78, 5) is 4.67. The predicted molar refractivity (Wildman–Crippen MR) is 152 cm³/mol. The van der Waals surface area contributed by atoms with E-state index in [1.165, 1.54) is 22.4 Å². The van der Waals surface area contributed by atoms with Crippen molar-refractivity contribution >= 4 is 11.8 Å². The zero-order chi connectivity index (χ0) is 25.8. The summed E-state index contributed by atoms with van der Waals surface area (Å²) < 4.78 is 11.7. The molecular weight excluding hydrogens is 456 g/mol. The van der Waals surface area contributed by atoms with Crippen molar-refractivity contribution in [2.75, 3.05) is 32.2 Å². The highest BCUT2D eigenvalue weighted by molar-refractivity contribution is 5.73. The Balaban J connectivity index is 1.76. The number of ether oxygens (including phenoxy) is 2. The van der Waals surface area contributed by atoms with Gasteiger partial charge in [-0.3, -0.25) is 0 Å². The van der Waals surface area contributed by atoms with Gasteiger partial charge in [-0.1, -0.05) is 84.9 Å². The smallest absolute Gasteiger partial charge is 0.161 e. The molecule has 0 fully saturated rings. The summed E-state index contributed by atoms with van der Waals surface area (Å²) in [6.45, 7) is 5.16. The van der Waals surface area contributed by atoms with E-state index < -0.39 is 5.54 Å². The van der Waals surface area contributed by atoms with Gasteiger partial charge in [-0.15, -0.1) is 0 Å². The average Bonchev–Trinajstić information content (AvgIpc) is 2.94. The number of hydrogen-bond donors (Lipinski definition) is 0. The molecule has 188 valence electrons. The number of anilines is 1. The molecule has 0 aliphatic carbocycles. The van der Waals surface area contributed by atoms with Crippen LogP contribution in [0, 0.1) is 0 Å². The number of benzene rings is 4. The minimum atomic E-state index is -0.508. The molecule has 0 bridgehead atoms. The molecule has 0 atom stereocenters. The zero-order valence-electron chi connectivity index (χ0n) is 22.0. The van der Waals surface area contributed by atoms with Crippen LogP contribution < -0.4 is 14.4 Å². The lowest BCUT2D eigenvalue weighted by molar-refractivity contribution is 0.242. The molecule has 0 N–H and O–H groups in total. The first-order valence-corrected chi connectivity index (χ1v) is 12.9. The second-order valence-electron chi connectivity index (χ2n) is 9.15. The van der Waals surface area contributed by atoms with Gasteiger partial charge < -0.3 is 19.3 Å². The number of nitrogens with zero attached hydrogens (tertiary/aromatic N) is 2. The molecule has 0 radical (unpaired) electrons. The Hall–Kier alpha value is -4.18. The van der Waals surface area contributed by atoms with E-state index in [0.717, 1.165) is 22.9 Å². The van der Waals surface area contributed by atoms with Crippen LogP contribution in [0.15, 0.2) is 109 Å². The lowest BCUT2D eigenvalue weighted by Gasteiger charge is -2.52. The monoisotopic (exact) mass is 490 g/mol. The van der Waals surface area contributed by atoms with E-state index in [1.54, 1.807) is 0 Å². The third-order valence-corrected chi connectivity index (χ3v) is 7.09. The molecule has 1 aliphatic heterocycles. The Morgan fingerprint density at radius 2 is 1.24 bits per heavy atom. The fraction of sp³-hybridized carbons (Fsp3) is 0.212. The number of rotatable bonds is 7. The topological polar surface area (TPSA) is 24.9 Å². The highest BCUT2D eigenvalue weighted by Crippen LogP contribution is 2.51. The van der Waals surface area contributed by atoms with E-state index in [-0.39, 0.29) is 0 Å². The summed E-state index contributed by atoms with van der Waals surface area (Å²) in [5.74, 6) is 2.61. The molecule has 0 aromatic heterocycles. The van der Waals surface area contributed by atoms with Crippen molar-refractivity contribution in [1.82, 2.24) is 4.90 Å². The van der Waals surface area contributed by atoms with Gasteiger partial charge in [-0.05, 0) is 54.8 Å². The lowest BCUT2D eigenvalue weighted by atomic mass is 9.73. The molecule has 5 rings (SSSR count). The summed E-state index contributed by atoms with van der Waals surface area (Å²) in [7, 11) is 4.33. The molecule has 4 aromatic carbocycles. The minimum Gasteiger partial charge on any atom is -0.490 e. The summed E-state index contributed by atoms with van der Waals surface area (Å²) in [6, 6.07) is 36.4. The van der Waals surface area contributed by atoms with Gasteiger partial charge in [0.15, 0.2) is 11.5 Å². The molecule has 0 amide bonds. The average molecular weight is 491 g/mol. The van der Waals surface area contributed by atoms with Crippen LogP contribution in [0.25, 0.3) is 6.08 Å². The van der Waals surface area contributed by atoms with Crippen LogP contribution in [0.4, 0.5) is 5.69 Å². The zero-order valence-corrected chi connectivity index (χ0v) is 22.0. The van der Waals surface area contributed by atoms with Crippen LogP contribution in [-0.2, 0) is 5.54 Å². The molecule has 0 saturated carbocycles. The van der Waals surface area contributed by atoms with E-state index in [2.05, 4.69) is 127 Å². The molecule has 4 aromatic rings. The molecule has 4 nitrogen and oxygen atoms in total. The maximum Gasteiger partial charge on any atom is 0.161 e. The second-order valence-corrected chi connectivity index (χ2v) is 9.15. The summed E-state index contributed by atoms with van der Waals surface area (Å²) in [6.07, 6.45) is 2.23. The van der Waals surface area contributed by atoms with Gasteiger partial charge >= 0.3 is 0 Å². The molecule has 0 spiro atoms. The third kappa shape index (κ3) is 4.23. The summed E-state index contributed by atoms with van der Waals surface area (Å²) in [5.41, 5.74) is 5.40. The molecule has 1 aliphatic rings. The van der Waals surface area contributed by atoms with Gasteiger partial charge in [0.1, 0.15) is 11.4 Å². The molecule has 0 unspecified atom stereocenters. The van der Waals surface area contributed by atoms with Gasteiger partial charge in [0.25, 0.3) is 0 Å². The third-order valence-electron chi connectivity index (χ3n) is 7.09. The van der Waals surface area contributed by atoms with Crippen LogP contribution >= 0.6 is 0 Å². The first kappa shape index (κ1) is 24.5. The van der Waals surface area contributed by atoms with Crippen molar-refractivity contribution in [2.24, 2.45) is 0 Å². The van der Waals surface area contributed by atoms with Crippen molar-refractivity contribution in [3.63, 3.8) is 0 Å². The number of para-hydroxylation sites is 1. The van der Waals surface area contributed by atoms with Crippen LogP contribution in [0.3, 0.4) is 0 Å². The maximum absolute atomic E-state index is 5.93. The van der Waals surface area contributed by atoms with E-state index in [1.807, 2.05) is 19.9 Å². The van der Waals surface area contributed by atoms with Crippen molar-refractivity contribution in [2.45, 2.75) is 19.4 Å². The fourth-order valence-electron chi connectivity index (χ4n) is 5.50. The molecule has 4 heteroatoms. The van der Waals surface area contributed by atoms with Crippen LogP contribution in [0.5, 0.6) is 11.5 Å². The van der Waals surface area contributed by atoms with Crippen LogP contribution in [-0.4, -0.2) is 32.2 Å². The Morgan fingerprint density at radius 3 is 1.86 bits per heavy atom. The van der Waals surface area contributed by atoms with E-state index >= 15 is 0 Å². The highest BCUT2D eigenvalue weighted by atomic mass is 16.5. The van der Waals surface area contributed by atoms with E-state index in [4.69, 9.17) is 9.47 Å².